The minimum Gasteiger partial charge on any atom is -0.486 e. The Morgan fingerprint density at radius 3 is 2.62 bits per heavy atom. The lowest BCUT2D eigenvalue weighted by atomic mass is 10.1. The number of hydrogen-bond acceptors (Lipinski definition) is 6. The number of hydrogen-bond donors (Lipinski definition) is 2. The van der Waals surface area contributed by atoms with Gasteiger partial charge in [-0.25, -0.2) is 4.68 Å². The highest BCUT2D eigenvalue weighted by atomic mass is 35.5. The second-order valence-corrected chi connectivity index (χ2v) is 6.51. The largest absolute Gasteiger partial charge is 0.486 e. The van der Waals surface area contributed by atoms with Crippen molar-refractivity contribution in [3.05, 3.63) is 59.4 Å². The predicted octanol–water partition coefficient (Wildman–Crippen LogP) is 2.32. The first-order chi connectivity index (χ1) is 13.6. The number of amides is 1. The number of nitrogens with two attached hydrogens (primary N) is 1. The number of aromatic nitrogens is 3. The SMILES string of the molecule is Cc1c(C(=O)NCCc2ccc(N)cc2)nnn1-c1ccc2c(c1)OCCO2.Cl. The van der Waals surface area contributed by atoms with Crippen molar-refractivity contribution in [1.82, 2.24) is 20.3 Å². The first kappa shape index (κ1) is 20.5. The van der Waals surface area contributed by atoms with E-state index >= 15 is 0 Å². The molecule has 2 aromatic carbocycles. The number of fused-ring (bicyclic) bond motifs is 1. The van der Waals surface area contributed by atoms with Crippen LogP contribution >= 0.6 is 12.4 Å². The van der Waals surface area contributed by atoms with Crippen LogP contribution in [0.3, 0.4) is 0 Å². The minimum atomic E-state index is -0.253. The molecule has 0 atom stereocenters. The molecule has 0 spiro atoms. The fraction of sp³-hybridized carbons (Fsp3) is 0.250. The maximum Gasteiger partial charge on any atom is 0.273 e. The summed E-state index contributed by atoms with van der Waals surface area (Å²) in [5, 5.41) is 11.1. The maximum atomic E-state index is 12.5. The summed E-state index contributed by atoms with van der Waals surface area (Å²) in [4.78, 5) is 12.5. The number of nitrogen functional groups attached to an aromatic ring is 1. The average molecular weight is 416 g/mol. The highest BCUT2D eigenvalue weighted by Gasteiger charge is 2.19. The Labute approximate surface area is 174 Å². The van der Waals surface area contributed by atoms with Gasteiger partial charge in [0.2, 0.25) is 0 Å². The molecule has 29 heavy (non-hydrogen) atoms. The summed E-state index contributed by atoms with van der Waals surface area (Å²) < 4.78 is 12.8. The van der Waals surface area contributed by atoms with Gasteiger partial charge in [-0.2, -0.15) is 0 Å². The van der Waals surface area contributed by atoms with Crippen LogP contribution in [0.4, 0.5) is 5.69 Å². The molecule has 4 rings (SSSR count). The molecule has 3 N–H and O–H groups in total. The predicted molar refractivity (Wildman–Crippen MR) is 111 cm³/mol. The van der Waals surface area contributed by atoms with Crippen LogP contribution in [0, 0.1) is 6.92 Å². The lowest BCUT2D eigenvalue weighted by molar-refractivity contribution is 0.0948. The number of rotatable bonds is 5. The molecule has 2 heterocycles. The average Bonchev–Trinajstić information content (AvgIpc) is 3.10. The second-order valence-electron chi connectivity index (χ2n) is 6.51. The molecular formula is C20H22ClN5O3. The normalized spacial score (nSPS) is 12.2. The van der Waals surface area contributed by atoms with E-state index in [1.165, 1.54) is 0 Å². The van der Waals surface area contributed by atoms with Crippen LogP contribution in [0.2, 0.25) is 0 Å². The molecule has 8 nitrogen and oxygen atoms in total. The topological polar surface area (TPSA) is 104 Å². The molecule has 1 amide bonds. The highest BCUT2D eigenvalue weighted by Crippen LogP contribution is 2.32. The van der Waals surface area contributed by atoms with E-state index in [4.69, 9.17) is 15.2 Å². The molecule has 9 heteroatoms. The number of carbonyl (C=O) groups is 1. The van der Waals surface area contributed by atoms with E-state index in [-0.39, 0.29) is 18.3 Å². The van der Waals surface area contributed by atoms with Gasteiger partial charge in [-0.15, -0.1) is 17.5 Å². The lowest BCUT2D eigenvalue weighted by Gasteiger charge is -2.18. The lowest BCUT2D eigenvalue weighted by Crippen LogP contribution is -2.26. The molecular weight excluding hydrogens is 394 g/mol. The Morgan fingerprint density at radius 1 is 1.14 bits per heavy atom. The number of carbonyl (C=O) groups excluding carboxylic acids is 1. The number of nitrogens with one attached hydrogen (secondary N) is 1. The van der Waals surface area contributed by atoms with Crippen molar-refractivity contribution in [2.75, 3.05) is 25.5 Å². The Morgan fingerprint density at radius 2 is 1.86 bits per heavy atom. The van der Waals surface area contributed by atoms with Gasteiger partial charge in [-0.3, -0.25) is 4.79 Å². The second kappa shape index (κ2) is 8.83. The van der Waals surface area contributed by atoms with Gasteiger partial charge in [-0.1, -0.05) is 17.3 Å². The quantitative estimate of drug-likeness (QED) is 0.620. The van der Waals surface area contributed by atoms with Crippen LogP contribution in [-0.4, -0.2) is 40.7 Å². The fourth-order valence-corrected chi connectivity index (χ4v) is 3.04. The molecule has 0 unspecified atom stereocenters. The number of nitrogens with zero attached hydrogens (tertiary/aromatic N) is 3. The third kappa shape index (κ3) is 4.43. The first-order valence-corrected chi connectivity index (χ1v) is 9.07. The van der Waals surface area contributed by atoms with Gasteiger partial charge in [0.25, 0.3) is 5.91 Å². The summed E-state index contributed by atoms with van der Waals surface area (Å²) in [6, 6.07) is 13.1. The van der Waals surface area contributed by atoms with Crippen LogP contribution in [0.5, 0.6) is 11.5 Å². The zero-order valence-electron chi connectivity index (χ0n) is 15.9. The van der Waals surface area contributed by atoms with E-state index < -0.39 is 0 Å². The summed E-state index contributed by atoms with van der Waals surface area (Å²) in [5.41, 5.74) is 9.22. The van der Waals surface area contributed by atoms with Crippen LogP contribution in [0.15, 0.2) is 42.5 Å². The first-order valence-electron chi connectivity index (χ1n) is 9.07. The van der Waals surface area contributed by atoms with Crippen molar-refractivity contribution >= 4 is 24.0 Å². The van der Waals surface area contributed by atoms with E-state index in [2.05, 4.69) is 15.6 Å². The zero-order valence-corrected chi connectivity index (χ0v) is 16.7. The van der Waals surface area contributed by atoms with Gasteiger partial charge < -0.3 is 20.5 Å². The summed E-state index contributed by atoms with van der Waals surface area (Å²) in [5.74, 6) is 1.11. The summed E-state index contributed by atoms with van der Waals surface area (Å²) in [6.45, 7) is 3.36. The van der Waals surface area contributed by atoms with Crippen molar-refractivity contribution in [2.24, 2.45) is 0 Å². The van der Waals surface area contributed by atoms with E-state index in [1.807, 2.05) is 49.4 Å². The van der Waals surface area contributed by atoms with E-state index in [9.17, 15) is 4.79 Å². The molecule has 0 bridgehead atoms. The summed E-state index contributed by atoms with van der Waals surface area (Å²) in [7, 11) is 0. The van der Waals surface area contributed by atoms with Crippen molar-refractivity contribution in [3.8, 4) is 17.2 Å². The molecule has 0 saturated heterocycles. The molecule has 152 valence electrons. The Bertz CT molecular complexity index is 1000. The molecule has 3 aromatic rings. The summed E-state index contributed by atoms with van der Waals surface area (Å²) in [6.07, 6.45) is 0.710. The van der Waals surface area contributed by atoms with Gasteiger partial charge in [0.15, 0.2) is 17.2 Å². The van der Waals surface area contributed by atoms with Crippen LogP contribution in [0.25, 0.3) is 5.69 Å². The molecule has 1 aliphatic heterocycles. The van der Waals surface area contributed by atoms with Crippen molar-refractivity contribution in [2.45, 2.75) is 13.3 Å². The zero-order chi connectivity index (χ0) is 19.5. The molecule has 1 aliphatic rings. The third-order valence-electron chi connectivity index (χ3n) is 4.56. The van der Waals surface area contributed by atoms with Crippen molar-refractivity contribution in [1.29, 1.82) is 0 Å². The molecule has 0 fully saturated rings. The number of anilines is 1. The van der Waals surface area contributed by atoms with E-state index in [1.54, 1.807) is 4.68 Å². The number of halogens is 1. The standard InChI is InChI=1S/C20H21N5O3.ClH/c1-13-19(20(26)22-9-8-14-2-4-15(21)5-3-14)23-24-25(13)16-6-7-17-18(12-16)28-11-10-27-17;/h2-7,12H,8-11,21H2,1H3,(H,22,26);1H. The molecule has 0 radical (unpaired) electrons. The van der Waals surface area contributed by atoms with Gasteiger partial charge in [0, 0.05) is 18.3 Å². The smallest absolute Gasteiger partial charge is 0.273 e. The van der Waals surface area contributed by atoms with Gasteiger partial charge in [0.1, 0.15) is 13.2 Å². The Kier molecular flexibility index (Phi) is 6.23. The van der Waals surface area contributed by atoms with Crippen LogP contribution in [0.1, 0.15) is 21.7 Å². The molecule has 0 saturated carbocycles. The minimum absolute atomic E-state index is 0. The summed E-state index contributed by atoms with van der Waals surface area (Å²) >= 11 is 0. The maximum absolute atomic E-state index is 12.5. The molecule has 0 aliphatic carbocycles. The van der Waals surface area contributed by atoms with Crippen molar-refractivity contribution < 1.29 is 14.3 Å². The number of ether oxygens (including phenoxy) is 2. The van der Waals surface area contributed by atoms with Gasteiger partial charge in [0.05, 0.1) is 11.4 Å². The Balaban J connectivity index is 0.00000240. The number of benzene rings is 2. The molecule has 1 aromatic heterocycles. The Hall–Kier alpha value is -3.26. The van der Waals surface area contributed by atoms with Crippen LogP contribution in [-0.2, 0) is 6.42 Å². The van der Waals surface area contributed by atoms with Crippen molar-refractivity contribution in [3.63, 3.8) is 0 Å². The van der Waals surface area contributed by atoms with E-state index in [0.717, 1.165) is 16.9 Å². The van der Waals surface area contributed by atoms with Gasteiger partial charge >= 0.3 is 0 Å². The van der Waals surface area contributed by atoms with E-state index in [0.29, 0.717) is 49.1 Å². The third-order valence-corrected chi connectivity index (χ3v) is 4.56. The highest BCUT2D eigenvalue weighted by molar-refractivity contribution is 5.93. The monoisotopic (exact) mass is 415 g/mol. The van der Waals surface area contributed by atoms with Gasteiger partial charge in [-0.05, 0) is 43.2 Å². The van der Waals surface area contributed by atoms with Crippen LogP contribution < -0.4 is 20.5 Å². The fourth-order valence-electron chi connectivity index (χ4n) is 3.04.